The van der Waals surface area contributed by atoms with E-state index in [1.165, 1.54) is 392 Å². The van der Waals surface area contributed by atoms with Gasteiger partial charge in [-0.2, -0.15) is 0 Å². The molecule has 2 atom stereocenters. The predicted molar refractivity (Wildman–Crippen MR) is 380 cm³/mol. The van der Waals surface area contributed by atoms with E-state index in [1.807, 2.05) is 0 Å². The quantitative estimate of drug-likeness (QED) is 0.0320. The van der Waals surface area contributed by atoms with Gasteiger partial charge in [0.1, 0.15) is 0 Å². The fourth-order valence-corrected chi connectivity index (χ4v) is 13.0. The number of allylic oxidation sites excluding steroid dienone is 2. The summed E-state index contributed by atoms with van der Waals surface area (Å²) in [6.45, 7) is 5.01. The number of nitrogens with one attached hydrogen (secondary N) is 1. The van der Waals surface area contributed by atoms with Gasteiger partial charge in [0.05, 0.1) is 25.4 Å². The molecule has 0 saturated carbocycles. The Balaban J connectivity index is 3.36. The second-order valence-electron chi connectivity index (χ2n) is 27.8. The molecule has 0 rings (SSSR count). The number of aliphatic hydroxyl groups is 2. The zero-order chi connectivity index (χ0) is 62.0. The van der Waals surface area contributed by atoms with Crippen LogP contribution in [-0.4, -0.2) is 47.4 Å². The fourth-order valence-electron chi connectivity index (χ4n) is 13.0. The van der Waals surface area contributed by atoms with E-state index >= 15 is 0 Å². The summed E-state index contributed by atoms with van der Waals surface area (Å²) < 4.78 is 5.50. The molecule has 6 nitrogen and oxygen atoms in total. The largest absolute Gasteiger partial charge is 0.466 e. The highest BCUT2D eigenvalue weighted by Gasteiger charge is 2.20. The molecule has 0 saturated heterocycles. The number of hydrogen-bond acceptors (Lipinski definition) is 5. The van der Waals surface area contributed by atoms with Crippen LogP contribution in [0.25, 0.3) is 0 Å². The molecule has 0 aromatic heterocycles. The lowest BCUT2D eigenvalue weighted by Gasteiger charge is -2.22. The molecule has 0 spiro atoms. The van der Waals surface area contributed by atoms with E-state index in [2.05, 4.69) is 31.3 Å². The zero-order valence-electron chi connectivity index (χ0n) is 58.8. The van der Waals surface area contributed by atoms with Crippen molar-refractivity contribution in [1.29, 1.82) is 0 Å². The molecule has 3 N–H and O–H groups in total. The molecule has 0 bridgehead atoms. The smallest absolute Gasteiger partial charge is 0.305 e. The molecule has 0 aliphatic heterocycles. The van der Waals surface area contributed by atoms with Crippen molar-refractivity contribution in [1.82, 2.24) is 5.32 Å². The Bertz CT molecular complexity index is 1300. The molecular formula is C80H157NO5. The minimum atomic E-state index is -0.664. The van der Waals surface area contributed by atoms with Crippen molar-refractivity contribution in [3.63, 3.8) is 0 Å². The summed E-state index contributed by atoms with van der Waals surface area (Å²) in [4.78, 5) is 24.7. The van der Waals surface area contributed by atoms with E-state index in [0.717, 1.165) is 38.5 Å². The summed E-state index contributed by atoms with van der Waals surface area (Å²) in [6, 6.07) is -0.541. The van der Waals surface area contributed by atoms with Crippen molar-refractivity contribution in [3.05, 3.63) is 12.2 Å². The zero-order valence-corrected chi connectivity index (χ0v) is 58.8. The van der Waals surface area contributed by atoms with E-state index in [-0.39, 0.29) is 18.5 Å². The molecule has 0 aliphatic rings. The molecule has 0 heterocycles. The van der Waals surface area contributed by atoms with Gasteiger partial charge in [0.2, 0.25) is 5.91 Å². The minimum Gasteiger partial charge on any atom is -0.466 e. The standard InChI is InChI=1S/C80H157NO5/c1-3-5-7-9-11-13-15-17-19-20-21-22-23-30-33-36-39-42-45-48-52-56-60-64-68-72-78(83)77(76-82)81-79(84)73-69-65-61-57-53-49-46-43-40-37-34-31-28-26-24-25-27-29-32-35-38-41-44-47-51-55-59-63-67-71-75-86-80(85)74-70-66-62-58-54-50-18-16-14-12-10-8-6-4-2/h25,27,77-78,82-83H,3-24,26,28-76H2,1-2H3,(H,81,84)/b27-25-. The number of carbonyl (C=O) groups is 2. The number of carbonyl (C=O) groups excluding carboxylic acids is 2. The van der Waals surface area contributed by atoms with Crippen LogP contribution in [0.15, 0.2) is 12.2 Å². The molecule has 512 valence electrons. The number of esters is 1. The van der Waals surface area contributed by atoms with Crippen LogP contribution in [0.4, 0.5) is 0 Å². The van der Waals surface area contributed by atoms with Gasteiger partial charge in [-0.1, -0.05) is 411 Å². The van der Waals surface area contributed by atoms with Crippen molar-refractivity contribution in [3.8, 4) is 0 Å². The molecular weight excluding hydrogens is 1050 g/mol. The molecule has 2 unspecified atom stereocenters. The van der Waals surface area contributed by atoms with E-state index in [4.69, 9.17) is 4.74 Å². The number of ether oxygens (including phenoxy) is 1. The maximum atomic E-state index is 12.6. The summed E-state index contributed by atoms with van der Waals surface area (Å²) in [5.74, 6) is -0.00640. The van der Waals surface area contributed by atoms with Crippen LogP contribution >= 0.6 is 0 Å². The van der Waals surface area contributed by atoms with Crippen LogP contribution in [0, 0.1) is 0 Å². The molecule has 0 aromatic carbocycles. The van der Waals surface area contributed by atoms with Crippen molar-refractivity contribution < 1.29 is 24.5 Å². The number of amides is 1. The Morgan fingerprint density at radius 3 is 0.826 bits per heavy atom. The number of unbranched alkanes of at least 4 members (excludes halogenated alkanes) is 63. The molecule has 0 radical (unpaired) electrons. The van der Waals surface area contributed by atoms with Gasteiger partial charge in [-0.05, 0) is 51.4 Å². The van der Waals surface area contributed by atoms with Gasteiger partial charge in [-0.15, -0.1) is 0 Å². The Kier molecular flexibility index (Phi) is 74.8. The van der Waals surface area contributed by atoms with Crippen molar-refractivity contribution in [2.24, 2.45) is 0 Å². The second kappa shape index (κ2) is 76.1. The molecule has 0 aromatic rings. The van der Waals surface area contributed by atoms with Gasteiger partial charge in [0, 0.05) is 12.8 Å². The van der Waals surface area contributed by atoms with Crippen LogP contribution < -0.4 is 5.32 Å². The third-order valence-corrected chi connectivity index (χ3v) is 19.1. The second-order valence-corrected chi connectivity index (χ2v) is 27.8. The van der Waals surface area contributed by atoms with Gasteiger partial charge in [0.15, 0.2) is 0 Å². The first kappa shape index (κ1) is 84.6. The lowest BCUT2D eigenvalue weighted by molar-refractivity contribution is -0.143. The average Bonchev–Trinajstić information content (AvgIpc) is 3.58. The van der Waals surface area contributed by atoms with Gasteiger partial charge >= 0.3 is 5.97 Å². The highest BCUT2D eigenvalue weighted by Crippen LogP contribution is 2.20. The molecule has 6 heteroatoms. The molecule has 0 aliphatic carbocycles. The third-order valence-electron chi connectivity index (χ3n) is 19.1. The van der Waals surface area contributed by atoms with Gasteiger partial charge in [0.25, 0.3) is 0 Å². The van der Waals surface area contributed by atoms with Gasteiger partial charge in [-0.25, -0.2) is 0 Å². The van der Waals surface area contributed by atoms with Crippen molar-refractivity contribution in [2.75, 3.05) is 13.2 Å². The fraction of sp³-hybridized carbons (Fsp3) is 0.950. The Morgan fingerprint density at radius 2 is 0.547 bits per heavy atom. The Morgan fingerprint density at radius 1 is 0.314 bits per heavy atom. The van der Waals surface area contributed by atoms with Gasteiger partial charge in [-0.3, -0.25) is 9.59 Å². The van der Waals surface area contributed by atoms with Crippen LogP contribution in [-0.2, 0) is 14.3 Å². The molecule has 86 heavy (non-hydrogen) atoms. The lowest BCUT2D eigenvalue weighted by atomic mass is 10.0. The first-order valence-corrected chi connectivity index (χ1v) is 39.9. The van der Waals surface area contributed by atoms with E-state index in [1.54, 1.807) is 0 Å². The summed E-state index contributed by atoms with van der Waals surface area (Å²) in [6.07, 6.45) is 95.9. The summed E-state index contributed by atoms with van der Waals surface area (Å²) in [7, 11) is 0. The summed E-state index contributed by atoms with van der Waals surface area (Å²) >= 11 is 0. The third kappa shape index (κ3) is 71.7. The average molecular weight is 1210 g/mol. The van der Waals surface area contributed by atoms with E-state index < -0.39 is 12.1 Å². The number of aliphatic hydroxyl groups excluding tert-OH is 2. The van der Waals surface area contributed by atoms with Crippen LogP contribution in [0.2, 0.25) is 0 Å². The number of hydrogen-bond donors (Lipinski definition) is 3. The normalized spacial score (nSPS) is 12.5. The van der Waals surface area contributed by atoms with Crippen LogP contribution in [0.1, 0.15) is 463 Å². The van der Waals surface area contributed by atoms with Crippen LogP contribution in [0.5, 0.6) is 0 Å². The highest BCUT2D eigenvalue weighted by molar-refractivity contribution is 5.76. The molecule has 0 fully saturated rings. The van der Waals surface area contributed by atoms with Gasteiger partial charge < -0.3 is 20.3 Å². The summed E-state index contributed by atoms with van der Waals surface area (Å²) in [5, 5.41) is 23.5. The first-order chi connectivity index (χ1) is 42.5. The Labute approximate surface area is 539 Å². The van der Waals surface area contributed by atoms with Crippen molar-refractivity contribution >= 4 is 11.9 Å². The predicted octanol–water partition coefficient (Wildman–Crippen LogP) is 26.3. The maximum absolute atomic E-state index is 12.6. The lowest BCUT2D eigenvalue weighted by Crippen LogP contribution is -2.45. The topological polar surface area (TPSA) is 95.9 Å². The monoisotopic (exact) mass is 1210 g/mol. The number of rotatable bonds is 76. The van der Waals surface area contributed by atoms with E-state index in [9.17, 15) is 19.8 Å². The minimum absolute atomic E-state index is 0.0208. The van der Waals surface area contributed by atoms with Crippen LogP contribution in [0.3, 0.4) is 0 Å². The summed E-state index contributed by atoms with van der Waals surface area (Å²) in [5.41, 5.74) is 0. The molecule has 1 amide bonds. The Hall–Kier alpha value is -1.40. The van der Waals surface area contributed by atoms with E-state index in [0.29, 0.717) is 25.9 Å². The highest BCUT2D eigenvalue weighted by atomic mass is 16.5. The maximum Gasteiger partial charge on any atom is 0.305 e. The van der Waals surface area contributed by atoms with Crippen molar-refractivity contribution in [2.45, 2.75) is 475 Å². The SMILES string of the molecule is CCCCCCCCCCCCCCCCCCCCCCCCCCCC(O)C(CO)NC(=O)CCCCCCCCCCCCCCCC/C=C\CCCCCCCCCCCCCCOC(=O)CCCCCCCCCCCCCCCC. The first-order valence-electron chi connectivity index (χ1n) is 39.9.